The van der Waals surface area contributed by atoms with E-state index < -0.39 is 12.3 Å². The van der Waals surface area contributed by atoms with Crippen molar-refractivity contribution in [1.29, 1.82) is 0 Å². The summed E-state index contributed by atoms with van der Waals surface area (Å²) in [4.78, 5) is 10.6. The molecule has 0 saturated carbocycles. The molecule has 0 spiro atoms. The van der Waals surface area contributed by atoms with E-state index in [0.29, 0.717) is 0 Å². The van der Waals surface area contributed by atoms with E-state index in [1.165, 1.54) is 6.92 Å². The van der Waals surface area contributed by atoms with Gasteiger partial charge in [-0.05, 0) is 13.8 Å². The van der Waals surface area contributed by atoms with Crippen LogP contribution in [0.15, 0.2) is 0 Å². The lowest BCUT2D eigenvalue weighted by Gasteiger charge is -2.08. The van der Waals surface area contributed by atoms with Crippen LogP contribution >= 0.6 is 0 Å². The molecule has 4 N–H and O–H groups in total. The summed E-state index contributed by atoms with van der Waals surface area (Å²) in [6, 6.07) is -0.556. The van der Waals surface area contributed by atoms with Crippen LogP contribution in [-0.4, -0.2) is 23.3 Å². The van der Waals surface area contributed by atoms with Gasteiger partial charge in [-0.1, -0.05) is 0 Å². The standard InChI is InChI=1S/C5H12N2O2/c1-3(6)5(9)7-4(2)8/h3-4,8H,6H2,1-2H3,(H,7,9). The van der Waals surface area contributed by atoms with Crippen LogP contribution in [0.5, 0.6) is 0 Å². The fourth-order valence-electron chi connectivity index (χ4n) is 0.337. The molecule has 0 rings (SSSR count). The van der Waals surface area contributed by atoms with Crippen molar-refractivity contribution in [2.24, 2.45) is 5.73 Å². The molecule has 0 aromatic heterocycles. The molecule has 0 radical (unpaired) electrons. The van der Waals surface area contributed by atoms with E-state index in [2.05, 4.69) is 5.32 Å². The fourth-order valence-corrected chi connectivity index (χ4v) is 0.337. The van der Waals surface area contributed by atoms with Crippen molar-refractivity contribution in [1.82, 2.24) is 5.32 Å². The van der Waals surface area contributed by atoms with E-state index in [4.69, 9.17) is 10.8 Å². The summed E-state index contributed by atoms with van der Waals surface area (Å²) in [5.74, 6) is -0.343. The van der Waals surface area contributed by atoms with Gasteiger partial charge in [0.05, 0.1) is 6.04 Å². The lowest BCUT2D eigenvalue weighted by atomic mass is 10.3. The zero-order chi connectivity index (χ0) is 7.44. The molecule has 9 heavy (non-hydrogen) atoms. The van der Waals surface area contributed by atoms with Crippen LogP contribution in [0.3, 0.4) is 0 Å². The van der Waals surface area contributed by atoms with Crippen LogP contribution in [0.2, 0.25) is 0 Å². The van der Waals surface area contributed by atoms with Crippen molar-refractivity contribution in [2.45, 2.75) is 26.1 Å². The van der Waals surface area contributed by atoms with E-state index in [0.717, 1.165) is 0 Å². The first-order chi connectivity index (χ1) is 4.04. The highest BCUT2D eigenvalue weighted by Crippen LogP contribution is 1.77. The highest BCUT2D eigenvalue weighted by molar-refractivity contribution is 5.81. The Morgan fingerprint density at radius 1 is 1.67 bits per heavy atom. The van der Waals surface area contributed by atoms with Crippen LogP contribution in [-0.2, 0) is 4.79 Å². The second-order valence-corrected chi connectivity index (χ2v) is 1.97. The average molecular weight is 132 g/mol. The van der Waals surface area contributed by atoms with Gasteiger partial charge in [-0.2, -0.15) is 0 Å². The summed E-state index contributed by atoms with van der Waals surface area (Å²) < 4.78 is 0. The molecular formula is C5H12N2O2. The number of carbonyl (C=O) groups excluding carboxylic acids is 1. The molecule has 0 bridgehead atoms. The van der Waals surface area contributed by atoms with Crippen LogP contribution in [0.25, 0.3) is 0 Å². The fraction of sp³-hybridized carbons (Fsp3) is 0.800. The first-order valence-corrected chi connectivity index (χ1v) is 2.78. The molecule has 0 aromatic rings. The molecule has 1 amide bonds. The zero-order valence-corrected chi connectivity index (χ0v) is 5.59. The maximum absolute atomic E-state index is 10.6. The van der Waals surface area contributed by atoms with Crippen molar-refractivity contribution in [3.8, 4) is 0 Å². The predicted molar refractivity (Wildman–Crippen MR) is 33.5 cm³/mol. The van der Waals surface area contributed by atoms with Crippen molar-refractivity contribution >= 4 is 5.91 Å². The van der Waals surface area contributed by atoms with Crippen LogP contribution in [0.4, 0.5) is 0 Å². The number of hydrogen-bond acceptors (Lipinski definition) is 3. The molecule has 2 atom stereocenters. The number of amides is 1. The summed E-state index contributed by atoms with van der Waals surface area (Å²) in [7, 11) is 0. The number of nitrogens with two attached hydrogens (primary N) is 1. The molecular weight excluding hydrogens is 120 g/mol. The zero-order valence-electron chi connectivity index (χ0n) is 5.59. The summed E-state index contributed by atoms with van der Waals surface area (Å²) in [5, 5.41) is 10.8. The first kappa shape index (κ1) is 8.39. The van der Waals surface area contributed by atoms with E-state index in [1.54, 1.807) is 6.92 Å². The largest absolute Gasteiger partial charge is 0.374 e. The van der Waals surface area contributed by atoms with Gasteiger partial charge < -0.3 is 16.2 Å². The van der Waals surface area contributed by atoms with Crippen LogP contribution < -0.4 is 11.1 Å². The van der Waals surface area contributed by atoms with Gasteiger partial charge in [0, 0.05) is 0 Å². The minimum Gasteiger partial charge on any atom is -0.374 e. The maximum Gasteiger partial charge on any atom is 0.238 e. The van der Waals surface area contributed by atoms with Crippen molar-refractivity contribution in [3.05, 3.63) is 0 Å². The third kappa shape index (κ3) is 3.93. The second-order valence-electron chi connectivity index (χ2n) is 1.97. The molecule has 4 heteroatoms. The van der Waals surface area contributed by atoms with Crippen LogP contribution in [0, 0.1) is 0 Å². The van der Waals surface area contributed by atoms with Gasteiger partial charge in [-0.15, -0.1) is 0 Å². The molecule has 0 saturated heterocycles. The molecule has 0 heterocycles. The lowest BCUT2D eigenvalue weighted by Crippen LogP contribution is -2.42. The molecule has 0 fully saturated rings. The Morgan fingerprint density at radius 3 is 2.22 bits per heavy atom. The number of aliphatic hydroxyl groups excluding tert-OH is 1. The SMILES string of the molecule is CC(O)NC(=O)C(C)N. The number of aliphatic hydroxyl groups is 1. The molecule has 2 unspecified atom stereocenters. The van der Waals surface area contributed by atoms with E-state index in [1.807, 2.05) is 0 Å². The highest BCUT2D eigenvalue weighted by Gasteiger charge is 2.07. The van der Waals surface area contributed by atoms with Gasteiger partial charge >= 0.3 is 0 Å². The minimum absolute atomic E-state index is 0.343. The predicted octanol–water partition coefficient (Wildman–Crippen LogP) is -1.21. The van der Waals surface area contributed by atoms with Crippen molar-refractivity contribution in [3.63, 3.8) is 0 Å². The van der Waals surface area contributed by atoms with Gasteiger partial charge in [0.1, 0.15) is 6.23 Å². The summed E-state index contributed by atoms with van der Waals surface area (Å²) in [6.07, 6.45) is -0.816. The topological polar surface area (TPSA) is 75.3 Å². The van der Waals surface area contributed by atoms with Gasteiger partial charge in [-0.25, -0.2) is 0 Å². The van der Waals surface area contributed by atoms with Gasteiger partial charge in [0.2, 0.25) is 5.91 Å². The van der Waals surface area contributed by atoms with Crippen molar-refractivity contribution < 1.29 is 9.90 Å². The van der Waals surface area contributed by atoms with Gasteiger partial charge in [0.25, 0.3) is 0 Å². The monoisotopic (exact) mass is 132 g/mol. The normalized spacial score (nSPS) is 16.4. The molecule has 4 nitrogen and oxygen atoms in total. The third-order valence-electron chi connectivity index (χ3n) is 0.765. The molecule has 0 aliphatic rings. The third-order valence-corrected chi connectivity index (χ3v) is 0.765. The van der Waals surface area contributed by atoms with Gasteiger partial charge in [-0.3, -0.25) is 4.79 Å². The first-order valence-electron chi connectivity index (χ1n) is 2.78. The second kappa shape index (κ2) is 3.42. The molecule has 0 aliphatic carbocycles. The minimum atomic E-state index is -0.816. The Labute approximate surface area is 54.0 Å². The van der Waals surface area contributed by atoms with E-state index >= 15 is 0 Å². The van der Waals surface area contributed by atoms with Gasteiger partial charge in [0.15, 0.2) is 0 Å². The molecule has 0 aliphatic heterocycles. The summed E-state index contributed by atoms with van der Waals surface area (Å²) in [5.41, 5.74) is 5.16. The number of rotatable bonds is 2. The number of hydrogen-bond donors (Lipinski definition) is 3. The van der Waals surface area contributed by atoms with Crippen molar-refractivity contribution in [2.75, 3.05) is 0 Å². The van der Waals surface area contributed by atoms with E-state index in [-0.39, 0.29) is 5.91 Å². The Kier molecular flexibility index (Phi) is 3.19. The number of nitrogens with one attached hydrogen (secondary N) is 1. The smallest absolute Gasteiger partial charge is 0.238 e. The Balaban J connectivity index is 3.51. The lowest BCUT2D eigenvalue weighted by molar-refractivity contribution is -0.124. The summed E-state index contributed by atoms with van der Waals surface area (Å²) in [6.45, 7) is 3.01. The Morgan fingerprint density at radius 2 is 2.11 bits per heavy atom. The van der Waals surface area contributed by atoms with Crippen LogP contribution in [0.1, 0.15) is 13.8 Å². The highest BCUT2D eigenvalue weighted by atomic mass is 16.3. The molecule has 54 valence electrons. The van der Waals surface area contributed by atoms with E-state index in [9.17, 15) is 4.79 Å². The average Bonchev–Trinajstić information content (AvgIpc) is 1.63. The summed E-state index contributed by atoms with van der Waals surface area (Å²) >= 11 is 0. The maximum atomic E-state index is 10.6. The number of carbonyl (C=O) groups is 1. The molecule has 0 aromatic carbocycles. The Hall–Kier alpha value is -0.610. The quantitative estimate of drug-likeness (QED) is 0.412. The Bertz CT molecular complexity index is 101.